The van der Waals surface area contributed by atoms with Crippen LogP contribution in [0.25, 0.3) is 0 Å². The fourth-order valence-electron chi connectivity index (χ4n) is 4.50. The number of hydrogen-bond donors (Lipinski definition) is 1. The van der Waals surface area contributed by atoms with Crippen LogP contribution in [0.3, 0.4) is 0 Å². The average molecular weight is 328 g/mol. The summed E-state index contributed by atoms with van der Waals surface area (Å²) in [6.07, 6.45) is 3.52. The molecule has 22 heavy (non-hydrogen) atoms. The van der Waals surface area contributed by atoms with Crippen LogP contribution in [0.1, 0.15) is 39.0 Å². The molecular weight excluding hydrogens is 304 g/mol. The van der Waals surface area contributed by atoms with Crippen molar-refractivity contribution in [3.05, 3.63) is 0 Å². The van der Waals surface area contributed by atoms with Gasteiger partial charge in [0.1, 0.15) is 17.6 Å². The third-order valence-corrected chi connectivity index (χ3v) is 7.21. The SMILES string of the molecule is COC(=O)CCCSC1C(C)CC2CCC3OC(=O)C1C23O. The van der Waals surface area contributed by atoms with E-state index in [-0.39, 0.29) is 29.2 Å². The lowest BCUT2D eigenvalue weighted by Crippen LogP contribution is -2.55. The molecule has 0 amide bonds. The highest BCUT2D eigenvalue weighted by atomic mass is 32.2. The fourth-order valence-corrected chi connectivity index (χ4v) is 6.05. The van der Waals surface area contributed by atoms with Crippen LogP contribution < -0.4 is 0 Å². The van der Waals surface area contributed by atoms with Gasteiger partial charge in [-0.15, -0.1) is 0 Å². The zero-order chi connectivity index (χ0) is 15.9. The van der Waals surface area contributed by atoms with Crippen LogP contribution in [-0.4, -0.2) is 46.9 Å². The highest BCUT2D eigenvalue weighted by Crippen LogP contribution is 2.58. The minimum absolute atomic E-state index is 0.0782. The van der Waals surface area contributed by atoms with Gasteiger partial charge in [0.2, 0.25) is 0 Å². The molecule has 0 aromatic carbocycles. The number of methoxy groups -OCH3 is 1. The molecule has 5 nitrogen and oxygen atoms in total. The summed E-state index contributed by atoms with van der Waals surface area (Å²) >= 11 is 1.70. The minimum atomic E-state index is -0.955. The van der Waals surface area contributed by atoms with Gasteiger partial charge in [-0.05, 0) is 43.3 Å². The Balaban J connectivity index is 1.66. The maximum Gasteiger partial charge on any atom is 0.313 e. The van der Waals surface area contributed by atoms with E-state index >= 15 is 0 Å². The third kappa shape index (κ3) is 2.44. The largest absolute Gasteiger partial charge is 0.469 e. The molecule has 1 aliphatic heterocycles. The number of ether oxygens (including phenoxy) is 2. The molecule has 3 fully saturated rings. The van der Waals surface area contributed by atoms with Crippen LogP contribution in [0.4, 0.5) is 0 Å². The first-order valence-corrected chi connectivity index (χ1v) is 9.14. The van der Waals surface area contributed by atoms with Crippen molar-refractivity contribution >= 4 is 23.7 Å². The molecule has 124 valence electrons. The zero-order valence-electron chi connectivity index (χ0n) is 13.1. The Bertz CT molecular complexity index is 467. The average Bonchev–Trinajstić information content (AvgIpc) is 2.93. The van der Waals surface area contributed by atoms with Gasteiger partial charge in [-0.2, -0.15) is 11.8 Å². The summed E-state index contributed by atoms with van der Waals surface area (Å²) in [6, 6.07) is 0. The minimum Gasteiger partial charge on any atom is -0.469 e. The van der Waals surface area contributed by atoms with Gasteiger partial charge in [-0.1, -0.05) is 6.92 Å². The normalized spacial score (nSPS) is 42.9. The number of aliphatic hydroxyl groups is 1. The van der Waals surface area contributed by atoms with E-state index in [0.717, 1.165) is 31.4 Å². The van der Waals surface area contributed by atoms with Gasteiger partial charge >= 0.3 is 11.9 Å². The van der Waals surface area contributed by atoms with Crippen molar-refractivity contribution < 1.29 is 24.2 Å². The van der Waals surface area contributed by atoms with Crippen molar-refractivity contribution in [3.63, 3.8) is 0 Å². The van der Waals surface area contributed by atoms with Crippen LogP contribution in [0.5, 0.6) is 0 Å². The monoisotopic (exact) mass is 328 g/mol. The Morgan fingerprint density at radius 1 is 1.50 bits per heavy atom. The van der Waals surface area contributed by atoms with E-state index in [2.05, 4.69) is 11.7 Å². The van der Waals surface area contributed by atoms with E-state index in [0.29, 0.717) is 12.3 Å². The summed E-state index contributed by atoms with van der Waals surface area (Å²) in [5, 5.41) is 11.2. The molecule has 1 N–H and O–H groups in total. The van der Waals surface area contributed by atoms with Crippen molar-refractivity contribution in [3.8, 4) is 0 Å². The van der Waals surface area contributed by atoms with Crippen molar-refractivity contribution in [1.82, 2.24) is 0 Å². The highest BCUT2D eigenvalue weighted by Gasteiger charge is 2.68. The molecular formula is C16H24O5S. The third-order valence-electron chi connectivity index (χ3n) is 5.57. The maximum atomic E-state index is 12.3. The van der Waals surface area contributed by atoms with Crippen LogP contribution in [0, 0.1) is 17.8 Å². The number of carbonyl (C=O) groups excluding carboxylic acids is 2. The van der Waals surface area contributed by atoms with Crippen molar-refractivity contribution in [2.45, 2.75) is 56.0 Å². The smallest absolute Gasteiger partial charge is 0.313 e. The molecule has 0 bridgehead atoms. The lowest BCUT2D eigenvalue weighted by molar-refractivity contribution is -0.145. The van der Waals surface area contributed by atoms with Gasteiger partial charge in [0, 0.05) is 11.7 Å². The Labute approximate surface area is 135 Å². The summed E-state index contributed by atoms with van der Waals surface area (Å²) in [5.74, 6) is 0.524. The standard InChI is InChI=1S/C16H24O5S/c1-9-8-10-5-6-11-16(10,19)13(15(18)21-11)14(9)22-7-3-4-12(17)20-2/h9-11,13-14,19H,3-8H2,1-2H3. The van der Waals surface area contributed by atoms with E-state index in [1.165, 1.54) is 7.11 Å². The molecule has 3 aliphatic rings. The summed E-state index contributed by atoms with van der Waals surface area (Å²) in [6.45, 7) is 2.16. The Morgan fingerprint density at radius 3 is 3.00 bits per heavy atom. The first kappa shape index (κ1) is 16.1. The fraction of sp³-hybridized carbons (Fsp3) is 0.875. The van der Waals surface area contributed by atoms with Crippen molar-refractivity contribution in [1.29, 1.82) is 0 Å². The van der Waals surface area contributed by atoms with Crippen LogP contribution in [0.15, 0.2) is 0 Å². The van der Waals surface area contributed by atoms with Gasteiger partial charge in [-0.25, -0.2) is 0 Å². The number of rotatable bonds is 5. The highest BCUT2D eigenvalue weighted by molar-refractivity contribution is 7.99. The van der Waals surface area contributed by atoms with Crippen LogP contribution in [-0.2, 0) is 19.1 Å². The number of esters is 2. The number of carbonyl (C=O) groups is 2. The van der Waals surface area contributed by atoms with Crippen LogP contribution in [0.2, 0.25) is 0 Å². The Kier molecular flexibility index (Phi) is 4.42. The lowest BCUT2D eigenvalue weighted by Gasteiger charge is -2.44. The number of thioether (sulfide) groups is 1. The second kappa shape index (κ2) is 6.04. The van der Waals surface area contributed by atoms with Gasteiger partial charge in [0.05, 0.1) is 7.11 Å². The summed E-state index contributed by atoms with van der Waals surface area (Å²) in [7, 11) is 1.39. The second-order valence-corrected chi connectivity index (χ2v) is 8.08. The molecule has 6 unspecified atom stereocenters. The molecule has 0 radical (unpaired) electrons. The Morgan fingerprint density at radius 2 is 2.27 bits per heavy atom. The van der Waals surface area contributed by atoms with Crippen LogP contribution >= 0.6 is 11.8 Å². The first-order chi connectivity index (χ1) is 10.5. The van der Waals surface area contributed by atoms with E-state index < -0.39 is 11.5 Å². The zero-order valence-corrected chi connectivity index (χ0v) is 13.9. The number of hydrogen-bond acceptors (Lipinski definition) is 6. The summed E-state index contributed by atoms with van der Waals surface area (Å²) < 4.78 is 10.1. The molecule has 6 heteroatoms. The van der Waals surface area contributed by atoms with Gasteiger partial charge < -0.3 is 14.6 Å². The molecule has 0 aromatic rings. The Hall–Kier alpha value is -0.750. The lowest BCUT2D eigenvalue weighted by atomic mass is 9.66. The summed E-state index contributed by atoms with van der Waals surface area (Å²) in [4.78, 5) is 23.4. The molecule has 2 aliphatic carbocycles. The van der Waals surface area contributed by atoms with Gasteiger partial charge in [-0.3, -0.25) is 9.59 Å². The summed E-state index contributed by atoms with van der Waals surface area (Å²) in [5.41, 5.74) is -0.955. The predicted octanol–water partition coefficient (Wildman–Crippen LogP) is 1.76. The molecule has 2 saturated carbocycles. The molecule has 3 rings (SSSR count). The molecule has 6 atom stereocenters. The molecule has 1 heterocycles. The maximum absolute atomic E-state index is 12.3. The van der Waals surface area contributed by atoms with E-state index in [9.17, 15) is 14.7 Å². The van der Waals surface area contributed by atoms with E-state index in [4.69, 9.17) is 4.74 Å². The topological polar surface area (TPSA) is 72.8 Å². The molecule has 1 saturated heterocycles. The molecule has 0 spiro atoms. The predicted molar refractivity (Wildman–Crippen MR) is 82.3 cm³/mol. The van der Waals surface area contributed by atoms with E-state index in [1.54, 1.807) is 11.8 Å². The first-order valence-electron chi connectivity index (χ1n) is 8.09. The van der Waals surface area contributed by atoms with E-state index in [1.807, 2.05) is 0 Å². The quantitative estimate of drug-likeness (QED) is 0.612. The molecule has 0 aromatic heterocycles. The van der Waals surface area contributed by atoms with Gasteiger partial charge in [0.25, 0.3) is 0 Å². The van der Waals surface area contributed by atoms with Gasteiger partial charge in [0.15, 0.2) is 0 Å². The van der Waals surface area contributed by atoms with Crippen molar-refractivity contribution in [2.75, 3.05) is 12.9 Å². The second-order valence-electron chi connectivity index (χ2n) is 6.79. The van der Waals surface area contributed by atoms with Crippen molar-refractivity contribution in [2.24, 2.45) is 17.8 Å².